The predicted octanol–water partition coefficient (Wildman–Crippen LogP) is 3.03. The zero-order chi connectivity index (χ0) is 19.1. The number of rotatable bonds is 8. The highest BCUT2D eigenvalue weighted by Crippen LogP contribution is 2.23. The smallest absolute Gasteiger partial charge is 0.308 e. The van der Waals surface area contributed by atoms with Crippen LogP contribution in [0.2, 0.25) is 5.02 Å². The van der Waals surface area contributed by atoms with Gasteiger partial charge in [-0.3, -0.25) is 9.59 Å². The molecule has 0 aliphatic heterocycles. The van der Waals surface area contributed by atoms with Crippen LogP contribution in [0.25, 0.3) is 0 Å². The normalized spacial score (nSPS) is 11.5. The summed E-state index contributed by atoms with van der Waals surface area (Å²) in [6, 6.07) is 11.9. The van der Waals surface area contributed by atoms with E-state index in [1.165, 1.54) is 20.3 Å². The molecule has 6 nitrogen and oxygen atoms in total. The summed E-state index contributed by atoms with van der Waals surface area (Å²) in [5.74, 6) is -1.28. The Morgan fingerprint density at radius 3 is 2.46 bits per heavy atom. The lowest BCUT2D eigenvalue weighted by Crippen LogP contribution is -2.34. The van der Waals surface area contributed by atoms with Gasteiger partial charge in [0.25, 0.3) is 5.91 Å². The van der Waals surface area contributed by atoms with Gasteiger partial charge in [-0.25, -0.2) is 0 Å². The lowest BCUT2D eigenvalue weighted by Gasteiger charge is -2.16. The molecule has 1 amide bonds. The first-order valence-electron chi connectivity index (χ1n) is 7.92. The molecule has 2 aromatic rings. The van der Waals surface area contributed by atoms with Gasteiger partial charge in [0, 0.05) is 11.6 Å². The number of halogens is 1. The average molecular weight is 378 g/mol. The fourth-order valence-corrected chi connectivity index (χ4v) is 2.72. The van der Waals surface area contributed by atoms with E-state index in [0.29, 0.717) is 16.5 Å². The molecule has 0 heterocycles. The zero-order valence-electron chi connectivity index (χ0n) is 14.5. The summed E-state index contributed by atoms with van der Waals surface area (Å²) >= 11 is 5.93. The summed E-state index contributed by atoms with van der Waals surface area (Å²) in [4.78, 5) is 24.0. The maximum absolute atomic E-state index is 12.4. The van der Waals surface area contributed by atoms with Crippen LogP contribution in [0.1, 0.15) is 15.9 Å². The lowest BCUT2D eigenvalue weighted by molar-refractivity contribution is -0.141. The molecule has 138 valence electrons. The number of methoxy groups -OCH3 is 2. The maximum atomic E-state index is 12.4. The van der Waals surface area contributed by atoms with Gasteiger partial charge in [-0.2, -0.15) is 0 Å². The molecule has 0 aliphatic rings. The van der Waals surface area contributed by atoms with Crippen molar-refractivity contribution in [2.75, 3.05) is 20.8 Å². The highest BCUT2D eigenvalue weighted by atomic mass is 35.5. The molecule has 2 rings (SSSR count). The quantitative estimate of drug-likeness (QED) is 0.738. The second-order valence-electron chi connectivity index (χ2n) is 5.61. The summed E-state index contributed by atoms with van der Waals surface area (Å²) in [7, 11) is 2.98. The minimum atomic E-state index is -1.01. The van der Waals surface area contributed by atoms with E-state index in [-0.39, 0.29) is 18.5 Å². The van der Waals surface area contributed by atoms with Crippen LogP contribution in [0.3, 0.4) is 0 Å². The van der Waals surface area contributed by atoms with Gasteiger partial charge in [0.05, 0.1) is 25.7 Å². The van der Waals surface area contributed by atoms with Gasteiger partial charge < -0.3 is 19.9 Å². The molecule has 2 aromatic carbocycles. The van der Waals surface area contributed by atoms with Crippen LogP contribution >= 0.6 is 11.6 Å². The predicted molar refractivity (Wildman–Crippen MR) is 98.2 cm³/mol. The fraction of sp³-hybridized carbons (Fsp3) is 0.263. The molecule has 0 radical (unpaired) electrons. The molecule has 7 heteroatoms. The molecule has 1 atom stereocenters. The van der Waals surface area contributed by atoms with Crippen LogP contribution in [0.5, 0.6) is 11.5 Å². The summed E-state index contributed by atoms with van der Waals surface area (Å²) in [5, 5.41) is 12.5. The van der Waals surface area contributed by atoms with Crippen LogP contribution in [0.4, 0.5) is 0 Å². The van der Waals surface area contributed by atoms with Gasteiger partial charge in [-0.1, -0.05) is 29.8 Å². The molecule has 0 spiro atoms. The lowest BCUT2D eigenvalue weighted by atomic mass is 9.98. The molecule has 0 fully saturated rings. The van der Waals surface area contributed by atoms with Gasteiger partial charge in [0.15, 0.2) is 0 Å². The molecule has 0 saturated heterocycles. The second kappa shape index (κ2) is 9.10. The van der Waals surface area contributed by atoms with Gasteiger partial charge in [-0.05, 0) is 36.2 Å². The average Bonchev–Trinajstić information content (AvgIpc) is 2.64. The van der Waals surface area contributed by atoms with Crippen LogP contribution in [-0.4, -0.2) is 37.7 Å². The van der Waals surface area contributed by atoms with Crippen molar-refractivity contribution in [1.82, 2.24) is 5.32 Å². The number of carboxylic acids is 1. The number of nitrogens with one attached hydrogen (secondary N) is 1. The Labute approximate surface area is 156 Å². The number of aliphatic carboxylic acids is 1. The molecule has 26 heavy (non-hydrogen) atoms. The number of benzene rings is 2. The van der Waals surface area contributed by atoms with Gasteiger partial charge in [0.2, 0.25) is 0 Å². The van der Waals surface area contributed by atoms with Crippen LogP contribution < -0.4 is 14.8 Å². The molecule has 0 aliphatic carbocycles. The summed E-state index contributed by atoms with van der Waals surface area (Å²) < 4.78 is 10.4. The monoisotopic (exact) mass is 377 g/mol. The third-order valence-corrected chi connectivity index (χ3v) is 4.16. The van der Waals surface area contributed by atoms with Crippen molar-refractivity contribution in [3.63, 3.8) is 0 Å². The first-order valence-corrected chi connectivity index (χ1v) is 8.30. The summed E-state index contributed by atoms with van der Waals surface area (Å²) in [5.41, 5.74) is 1.01. The first-order chi connectivity index (χ1) is 12.5. The summed E-state index contributed by atoms with van der Waals surface area (Å²) in [6.45, 7) is -0.0398. The summed E-state index contributed by atoms with van der Waals surface area (Å²) in [6.07, 6.45) is 0.228. The largest absolute Gasteiger partial charge is 0.496 e. The molecular weight excluding hydrogens is 358 g/mol. The first kappa shape index (κ1) is 19.6. The Kier molecular flexibility index (Phi) is 6.86. The van der Waals surface area contributed by atoms with E-state index in [4.69, 9.17) is 21.1 Å². The Hall–Kier alpha value is -2.73. The number of para-hydroxylation sites is 1. The van der Waals surface area contributed by atoms with E-state index in [2.05, 4.69) is 5.32 Å². The Bertz CT molecular complexity index is 793. The number of carboxylic acid groups (broad SMARTS) is 1. The van der Waals surface area contributed by atoms with E-state index in [1.54, 1.807) is 24.3 Å². The van der Waals surface area contributed by atoms with Crippen molar-refractivity contribution in [1.29, 1.82) is 0 Å². The number of carbonyl (C=O) groups is 2. The highest BCUT2D eigenvalue weighted by Gasteiger charge is 2.22. The van der Waals surface area contributed by atoms with Gasteiger partial charge in [-0.15, -0.1) is 0 Å². The number of amides is 1. The number of carbonyl (C=O) groups excluding carboxylic acids is 1. The molecule has 0 aromatic heterocycles. The topological polar surface area (TPSA) is 84.9 Å². The van der Waals surface area contributed by atoms with E-state index in [0.717, 1.165) is 5.56 Å². The third kappa shape index (κ3) is 4.89. The van der Waals surface area contributed by atoms with Gasteiger partial charge >= 0.3 is 5.97 Å². The van der Waals surface area contributed by atoms with Gasteiger partial charge in [0.1, 0.15) is 11.5 Å². The van der Waals surface area contributed by atoms with Crippen molar-refractivity contribution in [3.8, 4) is 11.5 Å². The van der Waals surface area contributed by atoms with Crippen LogP contribution in [0, 0.1) is 5.92 Å². The van der Waals surface area contributed by atoms with Crippen molar-refractivity contribution in [2.24, 2.45) is 5.92 Å². The van der Waals surface area contributed by atoms with E-state index in [9.17, 15) is 14.7 Å². The SMILES string of the molecule is COc1ccccc1CC(CNC(=O)c1cc(Cl)ccc1OC)C(=O)O. The third-order valence-electron chi connectivity index (χ3n) is 3.92. The molecule has 1 unspecified atom stereocenters. The van der Waals surface area contributed by atoms with E-state index in [1.807, 2.05) is 12.1 Å². The molecule has 0 saturated carbocycles. The van der Waals surface area contributed by atoms with Crippen molar-refractivity contribution in [3.05, 3.63) is 58.6 Å². The van der Waals surface area contributed by atoms with E-state index < -0.39 is 17.8 Å². The molecular formula is C19H20ClNO5. The number of hydrogen-bond donors (Lipinski definition) is 2. The molecule has 2 N–H and O–H groups in total. The van der Waals surface area contributed by atoms with Crippen molar-refractivity contribution < 1.29 is 24.2 Å². The van der Waals surface area contributed by atoms with Crippen molar-refractivity contribution in [2.45, 2.75) is 6.42 Å². The Morgan fingerprint density at radius 1 is 1.12 bits per heavy atom. The zero-order valence-corrected chi connectivity index (χ0v) is 15.2. The number of ether oxygens (including phenoxy) is 2. The molecule has 0 bridgehead atoms. The maximum Gasteiger partial charge on any atom is 0.308 e. The van der Waals surface area contributed by atoms with Crippen LogP contribution in [-0.2, 0) is 11.2 Å². The Balaban J connectivity index is 2.10. The van der Waals surface area contributed by atoms with E-state index >= 15 is 0 Å². The Morgan fingerprint density at radius 2 is 1.81 bits per heavy atom. The second-order valence-corrected chi connectivity index (χ2v) is 6.04. The fourth-order valence-electron chi connectivity index (χ4n) is 2.55. The minimum Gasteiger partial charge on any atom is -0.496 e. The number of hydrogen-bond acceptors (Lipinski definition) is 4. The standard InChI is InChI=1S/C19H20ClNO5/c1-25-16-6-4-3-5-12(16)9-13(19(23)24)11-21-18(22)15-10-14(20)7-8-17(15)26-2/h3-8,10,13H,9,11H2,1-2H3,(H,21,22)(H,23,24). The van der Waals surface area contributed by atoms with Crippen molar-refractivity contribution >= 4 is 23.5 Å². The van der Waals surface area contributed by atoms with Crippen LogP contribution in [0.15, 0.2) is 42.5 Å². The highest BCUT2D eigenvalue weighted by molar-refractivity contribution is 6.31. The minimum absolute atomic E-state index is 0.0398.